The second-order valence-electron chi connectivity index (χ2n) is 14.5. The second-order valence-corrected chi connectivity index (χ2v) is 14.5. The lowest BCUT2D eigenvalue weighted by molar-refractivity contribution is 0.769. The van der Waals surface area contributed by atoms with Gasteiger partial charge in [-0.1, -0.05) is 182 Å². The van der Waals surface area contributed by atoms with Gasteiger partial charge in [0.15, 0.2) is 5.82 Å². The summed E-state index contributed by atoms with van der Waals surface area (Å²) in [5, 5.41) is 9.28. The van der Waals surface area contributed by atoms with E-state index in [1.807, 2.05) is 36.4 Å². The van der Waals surface area contributed by atoms with Crippen LogP contribution in [-0.2, 0) is 5.41 Å². The molecule has 0 saturated carbocycles. The van der Waals surface area contributed by atoms with Crippen molar-refractivity contribution in [1.29, 1.82) is 5.26 Å². The average Bonchev–Trinajstić information content (AvgIpc) is 3.60. The minimum absolute atomic E-state index is 0.610. The molecule has 0 saturated heterocycles. The highest BCUT2D eigenvalue weighted by molar-refractivity contribution is 5.90. The maximum atomic E-state index is 9.28. The molecule has 0 bridgehead atoms. The molecule has 0 radical (unpaired) electrons. The van der Waals surface area contributed by atoms with Crippen LogP contribution < -0.4 is 0 Å². The Morgan fingerprint density at radius 3 is 1.21 bits per heavy atom. The number of hydrogen-bond donors (Lipinski definition) is 0. The molecule has 0 amide bonds. The van der Waals surface area contributed by atoms with Crippen LogP contribution in [0.15, 0.2) is 212 Å². The van der Waals surface area contributed by atoms with Crippen LogP contribution in [0.3, 0.4) is 0 Å². The van der Waals surface area contributed by atoms with Crippen molar-refractivity contribution in [3.63, 3.8) is 0 Å². The van der Waals surface area contributed by atoms with E-state index in [1.165, 1.54) is 33.4 Å². The molecule has 266 valence electrons. The third-order valence-electron chi connectivity index (χ3n) is 11.2. The molecule has 0 atom stereocenters. The zero-order chi connectivity index (χ0) is 38.2. The van der Waals surface area contributed by atoms with Crippen LogP contribution in [0.2, 0.25) is 0 Å². The summed E-state index contributed by atoms with van der Waals surface area (Å²) in [4.78, 5) is 10.5. The van der Waals surface area contributed by atoms with E-state index in [0.717, 1.165) is 50.3 Å². The molecule has 0 N–H and O–H groups in total. The third-order valence-corrected chi connectivity index (χ3v) is 11.2. The van der Waals surface area contributed by atoms with E-state index < -0.39 is 5.41 Å². The summed E-state index contributed by atoms with van der Waals surface area (Å²) < 4.78 is 0. The van der Waals surface area contributed by atoms with Crippen molar-refractivity contribution >= 4 is 0 Å². The first-order valence-corrected chi connectivity index (χ1v) is 19.2. The van der Waals surface area contributed by atoms with E-state index in [1.54, 1.807) is 0 Å². The molecule has 1 aliphatic rings. The number of rotatable bonds is 7. The summed E-state index contributed by atoms with van der Waals surface area (Å²) in [6.07, 6.45) is 0. The van der Waals surface area contributed by atoms with Gasteiger partial charge in [-0.15, -0.1) is 0 Å². The summed E-state index contributed by atoms with van der Waals surface area (Å²) in [5.74, 6) is 0.687. The lowest BCUT2D eigenvalue weighted by Gasteiger charge is -2.34. The number of nitriles is 1. The number of hydrogen-bond acceptors (Lipinski definition) is 3. The van der Waals surface area contributed by atoms with Gasteiger partial charge in [-0.25, -0.2) is 9.97 Å². The van der Waals surface area contributed by atoms with Crippen molar-refractivity contribution in [2.75, 3.05) is 0 Å². The molecular weight excluding hydrogens is 691 g/mol. The molecular formula is C54H35N3. The number of fused-ring (bicyclic) bond motifs is 3. The van der Waals surface area contributed by atoms with Gasteiger partial charge in [-0.3, -0.25) is 0 Å². The Kier molecular flexibility index (Phi) is 8.43. The Bertz CT molecular complexity index is 2820. The molecule has 3 nitrogen and oxygen atoms in total. The highest BCUT2D eigenvalue weighted by Gasteiger charge is 2.46. The van der Waals surface area contributed by atoms with Gasteiger partial charge in [0.1, 0.15) is 0 Å². The number of benzene rings is 8. The fourth-order valence-electron chi connectivity index (χ4n) is 8.49. The zero-order valence-electron chi connectivity index (χ0n) is 31.0. The van der Waals surface area contributed by atoms with E-state index in [4.69, 9.17) is 9.97 Å². The smallest absolute Gasteiger partial charge is 0.160 e. The monoisotopic (exact) mass is 725 g/mol. The molecule has 0 unspecified atom stereocenters. The topological polar surface area (TPSA) is 49.6 Å². The van der Waals surface area contributed by atoms with Gasteiger partial charge in [0.25, 0.3) is 0 Å². The molecule has 57 heavy (non-hydrogen) atoms. The van der Waals surface area contributed by atoms with Crippen LogP contribution in [0.1, 0.15) is 27.8 Å². The van der Waals surface area contributed by atoms with E-state index >= 15 is 0 Å². The summed E-state index contributed by atoms with van der Waals surface area (Å²) in [5.41, 5.74) is 16.6. The minimum atomic E-state index is -0.610. The zero-order valence-corrected chi connectivity index (χ0v) is 31.0. The predicted octanol–water partition coefficient (Wildman–Crippen LogP) is 13.0. The fourth-order valence-corrected chi connectivity index (χ4v) is 8.49. The Morgan fingerprint density at radius 1 is 0.351 bits per heavy atom. The van der Waals surface area contributed by atoms with Gasteiger partial charge in [0.2, 0.25) is 0 Å². The first kappa shape index (κ1) is 33.9. The van der Waals surface area contributed by atoms with Crippen LogP contribution >= 0.6 is 0 Å². The molecule has 3 heteroatoms. The lowest BCUT2D eigenvalue weighted by Crippen LogP contribution is -2.28. The summed E-state index contributed by atoms with van der Waals surface area (Å²) in [7, 11) is 0. The predicted molar refractivity (Wildman–Crippen MR) is 231 cm³/mol. The van der Waals surface area contributed by atoms with E-state index in [-0.39, 0.29) is 0 Å². The summed E-state index contributed by atoms with van der Waals surface area (Å²) in [6, 6.07) is 77.0. The SMILES string of the molecule is N#Cc1ccc(-c2ccc(-c3ccc4c(c3)C(c3ccccc3)(c3ccccc3)c3cc(-c5nc(-c6ccccc6)cc(-c6ccccc6)n5)ccc3-4)cc2)cc1. The van der Waals surface area contributed by atoms with Crippen LogP contribution in [0.4, 0.5) is 0 Å². The second kappa shape index (κ2) is 14.2. The standard InChI is InChI=1S/C54H35N3/c55-36-37-21-23-38(24-22-37)39-25-27-40(28-26-39)43-29-31-47-48-32-30-44(53-56-51(41-13-5-1-6-14-41)35-52(57-53)42-15-7-2-8-16-42)34-50(48)54(49(47)33-43,45-17-9-3-10-18-45)46-19-11-4-12-20-46/h1-35H. The molecule has 9 aromatic rings. The van der Waals surface area contributed by atoms with Gasteiger partial charge in [-0.05, 0) is 86.0 Å². The first-order valence-electron chi connectivity index (χ1n) is 19.2. The van der Waals surface area contributed by atoms with Gasteiger partial charge < -0.3 is 0 Å². The van der Waals surface area contributed by atoms with Gasteiger partial charge in [-0.2, -0.15) is 5.26 Å². The highest BCUT2D eigenvalue weighted by atomic mass is 14.9. The maximum Gasteiger partial charge on any atom is 0.160 e. The summed E-state index contributed by atoms with van der Waals surface area (Å²) >= 11 is 0. The van der Waals surface area contributed by atoms with Crippen LogP contribution in [-0.4, -0.2) is 9.97 Å². The van der Waals surface area contributed by atoms with E-state index in [2.05, 4.69) is 182 Å². The number of aromatic nitrogens is 2. The van der Waals surface area contributed by atoms with E-state index in [0.29, 0.717) is 11.4 Å². The molecule has 0 spiro atoms. The third kappa shape index (κ3) is 5.92. The largest absolute Gasteiger partial charge is 0.228 e. The van der Waals surface area contributed by atoms with Crippen LogP contribution in [0, 0.1) is 11.3 Å². The molecule has 1 heterocycles. The van der Waals surface area contributed by atoms with Crippen molar-refractivity contribution in [2.45, 2.75) is 5.41 Å². The van der Waals surface area contributed by atoms with Gasteiger partial charge in [0, 0.05) is 16.7 Å². The van der Waals surface area contributed by atoms with Crippen molar-refractivity contribution in [3.05, 3.63) is 240 Å². The van der Waals surface area contributed by atoms with Crippen LogP contribution in [0.5, 0.6) is 0 Å². The van der Waals surface area contributed by atoms with E-state index in [9.17, 15) is 5.26 Å². The molecule has 0 fully saturated rings. The van der Waals surface area contributed by atoms with Crippen molar-refractivity contribution in [1.82, 2.24) is 9.97 Å². The molecule has 1 aromatic heterocycles. The first-order chi connectivity index (χ1) is 28.2. The van der Waals surface area contributed by atoms with Gasteiger partial charge in [0.05, 0.1) is 28.4 Å². The maximum absolute atomic E-state index is 9.28. The summed E-state index contributed by atoms with van der Waals surface area (Å²) in [6.45, 7) is 0. The Morgan fingerprint density at radius 2 is 0.737 bits per heavy atom. The molecule has 10 rings (SSSR count). The molecule has 0 aliphatic heterocycles. The quantitative estimate of drug-likeness (QED) is 0.164. The minimum Gasteiger partial charge on any atom is -0.228 e. The van der Waals surface area contributed by atoms with Crippen molar-refractivity contribution in [3.8, 4) is 73.4 Å². The average molecular weight is 726 g/mol. The fraction of sp³-hybridized carbons (Fsp3) is 0.0185. The Labute approximate surface area is 332 Å². The Hall–Kier alpha value is -7.67. The lowest BCUT2D eigenvalue weighted by atomic mass is 9.67. The molecule has 1 aliphatic carbocycles. The highest BCUT2D eigenvalue weighted by Crippen LogP contribution is 2.57. The Balaban J connectivity index is 1.17. The normalized spacial score (nSPS) is 12.3. The van der Waals surface area contributed by atoms with Gasteiger partial charge >= 0.3 is 0 Å². The number of nitrogens with zero attached hydrogens (tertiary/aromatic N) is 3. The molecule has 8 aromatic carbocycles. The van der Waals surface area contributed by atoms with Crippen molar-refractivity contribution in [2.24, 2.45) is 0 Å². The van der Waals surface area contributed by atoms with Crippen LogP contribution in [0.25, 0.3) is 67.3 Å². The van der Waals surface area contributed by atoms with Crippen molar-refractivity contribution < 1.29 is 0 Å².